The van der Waals surface area contributed by atoms with Crippen molar-refractivity contribution in [3.8, 4) is 11.5 Å². The van der Waals surface area contributed by atoms with E-state index in [1.165, 1.54) is 0 Å². The molecule has 2 N–H and O–H groups in total. The minimum atomic E-state index is -0.0378. The molecule has 6 heteroatoms. The number of carbonyl (C=O) groups is 1. The van der Waals surface area contributed by atoms with Crippen LogP contribution in [0.5, 0.6) is 0 Å². The molecule has 106 valence electrons. The van der Waals surface area contributed by atoms with Crippen LogP contribution in [0, 0.1) is 6.92 Å². The molecule has 0 saturated carbocycles. The van der Waals surface area contributed by atoms with Crippen LogP contribution >= 0.6 is 0 Å². The number of nitrogens with one attached hydrogen (secondary N) is 2. The Balaban J connectivity index is 1.77. The number of nitrogens with zero attached hydrogens (tertiary/aromatic N) is 2. The first-order valence-electron chi connectivity index (χ1n) is 6.78. The van der Waals surface area contributed by atoms with E-state index in [1.54, 1.807) is 6.07 Å². The minimum absolute atomic E-state index is 0.0378. The molecular formula is C14H18N4O2. The Morgan fingerprint density at radius 1 is 1.50 bits per heavy atom. The zero-order chi connectivity index (χ0) is 14.1. The Hall–Kier alpha value is -2.08. The van der Waals surface area contributed by atoms with E-state index in [0.717, 1.165) is 18.0 Å². The largest absolute Gasteiger partial charge is 0.460 e. The second-order valence-electron chi connectivity index (χ2n) is 5.18. The van der Waals surface area contributed by atoms with Crippen molar-refractivity contribution in [2.45, 2.75) is 19.9 Å². The van der Waals surface area contributed by atoms with Crippen molar-refractivity contribution in [2.24, 2.45) is 0 Å². The summed E-state index contributed by atoms with van der Waals surface area (Å²) in [6, 6.07) is 5.81. The van der Waals surface area contributed by atoms with Crippen LogP contribution < -0.4 is 5.32 Å². The fourth-order valence-electron chi connectivity index (χ4n) is 2.42. The fourth-order valence-corrected chi connectivity index (χ4v) is 2.42. The van der Waals surface area contributed by atoms with Gasteiger partial charge in [-0.3, -0.25) is 9.89 Å². The highest BCUT2D eigenvalue weighted by Gasteiger charge is 2.23. The zero-order valence-corrected chi connectivity index (χ0v) is 11.6. The summed E-state index contributed by atoms with van der Waals surface area (Å²) in [4.78, 5) is 14.2. The molecule has 0 aromatic carbocycles. The van der Waals surface area contributed by atoms with Crippen LogP contribution in [0.15, 0.2) is 22.6 Å². The molecule has 1 unspecified atom stereocenters. The maximum absolute atomic E-state index is 12.4. The molecule has 0 radical (unpaired) electrons. The normalized spacial score (nSPS) is 19.3. The highest BCUT2D eigenvalue weighted by molar-refractivity contribution is 5.93. The van der Waals surface area contributed by atoms with E-state index in [-0.39, 0.29) is 5.91 Å². The summed E-state index contributed by atoms with van der Waals surface area (Å²) in [5, 5.41) is 10.3. The quantitative estimate of drug-likeness (QED) is 0.868. The van der Waals surface area contributed by atoms with Gasteiger partial charge in [0.15, 0.2) is 11.5 Å². The van der Waals surface area contributed by atoms with E-state index in [9.17, 15) is 4.79 Å². The molecule has 3 heterocycles. The van der Waals surface area contributed by atoms with E-state index < -0.39 is 0 Å². The first-order chi connectivity index (χ1) is 9.63. The number of aromatic amines is 1. The van der Waals surface area contributed by atoms with Gasteiger partial charge in [-0.2, -0.15) is 5.10 Å². The lowest BCUT2D eigenvalue weighted by molar-refractivity contribution is 0.0703. The third-order valence-corrected chi connectivity index (χ3v) is 3.46. The van der Waals surface area contributed by atoms with Gasteiger partial charge in [0.25, 0.3) is 5.91 Å². The van der Waals surface area contributed by atoms with Gasteiger partial charge < -0.3 is 14.6 Å². The number of aryl methyl sites for hydroxylation is 1. The number of amides is 1. The van der Waals surface area contributed by atoms with Gasteiger partial charge >= 0.3 is 0 Å². The van der Waals surface area contributed by atoms with Crippen molar-refractivity contribution in [1.82, 2.24) is 20.4 Å². The molecule has 1 amide bonds. The number of hydrogen-bond donors (Lipinski definition) is 2. The van der Waals surface area contributed by atoms with Gasteiger partial charge in [0.2, 0.25) is 0 Å². The third kappa shape index (κ3) is 2.46. The monoisotopic (exact) mass is 274 g/mol. The molecule has 0 spiro atoms. The van der Waals surface area contributed by atoms with Gasteiger partial charge in [-0.05, 0) is 26.0 Å². The van der Waals surface area contributed by atoms with Crippen LogP contribution in [0.1, 0.15) is 23.2 Å². The van der Waals surface area contributed by atoms with E-state index in [2.05, 4.69) is 22.4 Å². The number of H-pyrrole nitrogens is 1. The van der Waals surface area contributed by atoms with Crippen molar-refractivity contribution >= 4 is 5.91 Å². The Bertz CT molecular complexity index is 616. The molecule has 1 atom stereocenters. The smallest absolute Gasteiger partial charge is 0.274 e. The van der Waals surface area contributed by atoms with Crippen LogP contribution in [0.25, 0.3) is 11.5 Å². The molecule has 0 aliphatic carbocycles. The summed E-state index contributed by atoms with van der Waals surface area (Å²) >= 11 is 0. The van der Waals surface area contributed by atoms with Crippen molar-refractivity contribution in [3.63, 3.8) is 0 Å². The topological polar surface area (TPSA) is 74.2 Å². The Kier molecular flexibility index (Phi) is 3.31. The van der Waals surface area contributed by atoms with Gasteiger partial charge in [0.05, 0.1) is 0 Å². The van der Waals surface area contributed by atoms with E-state index in [1.807, 2.05) is 24.0 Å². The Morgan fingerprint density at radius 2 is 2.35 bits per heavy atom. The summed E-state index contributed by atoms with van der Waals surface area (Å²) in [6.45, 7) is 6.20. The standard InChI is InChI=1S/C14H18N4O2/c1-9-8-18(6-5-15-9)14(19)12-7-11(16-17-12)13-4-3-10(2)20-13/h3-4,7,9,15H,5-6,8H2,1-2H3,(H,16,17). The van der Waals surface area contributed by atoms with Crippen LogP contribution in [-0.2, 0) is 0 Å². The number of carbonyl (C=O) groups excluding carboxylic acids is 1. The molecule has 3 rings (SSSR count). The zero-order valence-electron chi connectivity index (χ0n) is 11.6. The lowest BCUT2D eigenvalue weighted by Crippen LogP contribution is -2.51. The maximum atomic E-state index is 12.4. The average molecular weight is 274 g/mol. The number of furan rings is 1. The number of hydrogen-bond acceptors (Lipinski definition) is 4. The van der Waals surface area contributed by atoms with Crippen LogP contribution in [0.4, 0.5) is 0 Å². The second kappa shape index (κ2) is 5.13. The number of aromatic nitrogens is 2. The van der Waals surface area contributed by atoms with Crippen molar-refractivity contribution in [3.05, 3.63) is 29.7 Å². The predicted octanol–water partition coefficient (Wildman–Crippen LogP) is 1.41. The van der Waals surface area contributed by atoms with Crippen LogP contribution in [-0.4, -0.2) is 46.7 Å². The van der Waals surface area contributed by atoms with Gasteiger partial charge in [-0.1, -0.05) is 0 Å². The van der Waals surface area contributed by atoms with Gasteiger partial charge in [0.1, 0.15) is 11.5 Å². The lowest BCUT2D eigenvalue weighted by atomic mass is 10.2. The van der Waals surface area contributed by atoms with Gasteiger partial charge in [-0.15, -0.1) is 0 Å². The summed E-state index contributed by atoms with van der Waals surface area (Å²) in [7, 11) is 0. The third-order valence-electron chi connectivity index (χ3n) is 3.46. The molecule has 1 saturated heterocycles. The molecule has 0 bridgehead atoms. The predicted molar refractivity (Wildman–Crippen MR) is 74.4 cm³/mol. The van der Waals surface area contributed by atoms with Gasteiger partial charge in [-0.25, -0.2) is 0 Å². The summed E-state index contributed by atoms with van der Waals surface area (Å²) < 4.78 is 5.52. The fraction of sp³-hybridized carbons (Fsp3) is 0.429. The Morgan fingerprint density at radius 3 is 3.05 bits per heavy atom. The van der Waals surface area contributed by atoms with Gasteiger partial charge in [0, 0.05) is 31.7 Å². The molecule has 2 aromatic heterocycles. The van der Waals surface area contributed by atoms with E-state index in [4.69, 9.17) is 4.42 Å². The molecule has 1 aliphatic rings. The van der Waals surface area contributed by atoms with E-state index in [0.29, 0.717) is 30.6 Å². The molecular weight excluding hydrogens is 256 g/mol. The first kappa shape index (κ1) is 12.9. The van der Waals surface area contributed by atoms with Crippen molar-refractivity contribution in [1.29, 1.82) is 0 Å². The second-order valence-corrected chi connectivity index (χ2v) is 5.18. The van der Waals surface area contributed by atoms with Crippen LogP contribution in [0.3, 0.4) is 0 Å². The van der Waals surface area contributed by atoms with Crippen LogP contribution in [0.2, 0.25) is 0 Å². The highest BCUT2D eigenvalue weighted by atomic mass is 16.3. The highest BCUT2D eigenvalue weighted by Crippen LogP contribution is 2.21. The van der Waals surface area contributed by atoms with E-state index >= 15 is 0 Å². The molecule has 20 heavy (non-hydrogen) atoms. The summed E-state index contributed by atoms with van der Waals surface area (Å²) in [6.07, 6.45) is 0. The first-order valence-corrected chi connectivity index (χ1v) is 6.78. The molecule has 1 fully saturated rings. The maximum Gasteiger partial charge on any atom is 0.274 e. The molecule has 1 aliphatic heterocycles. The summed E-state index contributed by atoms with van der Waals surface area (Å²) in [5.41, 5.74) is 1.16. The summed E-state index contributed by atoms with van der Waals surface area (Å²) in [5.74, 6) is 1.49. The number of rotatable bonds is 2. The minimum Gasteiger partial charge on any atom is -0.460 e. The Labute approximate surface area is 117 Å². The lowest BCUT2D eigenvalue weighted by Gasteiger charge is -2.31. The molecule has 6 nitrogen and oxygen atoms in total. The SMILES string of the molecule is Cc1ccc(-c2cc(C(=O)N3CCNC(C)C3)n[nH]2)o1. The average Bonchev–Trinajstić information content (AvgIpc) is 3.06. The van der Waals surface area contributed by atoms with Crippen molar-refractivity contribution in [2.75, 3.05) is 19.6 Å². The van der Waals surface area contributed by atoms with Crippen molar-refractivity contribution < 1.29 is 9.21 Å². The number of piperazine rings is 1. The molecule has 2 aromatic rings.